The minimum atomic E-state index is -1.56. The van der Waals surface area contributed by atoms with Crippen molar-refractivity contribution in [3.8, 4) is 5.75 Å². The second kappa shape index (κ2) is 3.21. The van der Waals surface area contributed by atoms with E-state index in [1.807, 2.05) is 0 Å². The number of phenols is 1. The van der Waals surface area contributed by atoms with Crippen LogP contribution in [0.15, 0.2) is 0 Å². The van der Waals surface area contributed by atoms with Crippen molar-refractivity contribution in [2.75, 3.05) is 0 Å². The van der Waals surface area contributed by atoms with Gasteiger partial charge in [-0.2, -0.15) is 0 Å². The molecule has 0 heterocycles. The summed E-state index contributed by atoms with van der Waals surface area (Å²) in [6.07, 6.45) is 0. The van der Waals surface area contributed by atoms with Crippen molar-refractivity contribution in [1.82, 2.24) is 0 Å². The summed E-state index contributed by atoms with van der Waals surface area (Å²) in [5.41, 5.74) is 3.23. The highest BCUT2D eigenvalue weighted by Gasteiger charge is 2.23. The molecule has 0 fully saturated rings. The van der Waals surface area contributed by atoms with Gasteiger partial charge in [0.1, 0.15) is 5.84 Å². The van der Waals surface area contributed by atoms with Crippen LogP contribution in [0.2, 0.25) is 0 Å². The van der Waals surface area contributed by atoms with Crippen LogP contribution in [0.4, 0.5) is 13.2 Å². The first kappa shape index (κ1) is 10.4. The van der Waals surface area contributed by atoms with Crippen molar-refractivity contribution in [3.63, 3.8) is 0 Å². The van der Waals surface area contributed by atoms with Crippen molar-refractivity contribution in [3.05, 3.63) is 28.6 Å². The molecule has 14 heavy (non-hydrogen) atoms. The van der Waals surface area contributed by atoms with Gasteiger partial charge < -0.3 is 10.8 Å². The number of halogens is 3. The van der Waals surface area contributed by atoms with Gasteiger partial charge in [0, 0.05) is 5.56 Å². The first-order valence-corrected chi connectivity index (χ1v) is 3.58. The Morgan fingerprint density at radius 1 is 1.21 bits per heavy atom. The van der Waals surface area contributed by atoms with Crippen molar-refractivity contribution in [1.29, 1.82) is 5.41 Å². The largest absolute Gasteiger partial charge is 0.505 e. The Morgan fingerprint density at radius 3 is 2.14 bits per heavy atom. The van der Waals surface area contributed by atoms with Gasteiger partial charge in [-0.1, -0.05) is 0 Å². The monoisotopic (exact) mass is 204 g/mol. The van der Waals surface area contributed by atoms with E-state index in [4.69, 9.17) is 16.2 Å². The second-order valence-corrected chi connectivity index (χ2v) is 2.70. The topological polar surface area (TPSA) is 70.1 Å². The summed E-state index contributed by atoms with van der Waals surface area (Å²) in [5.74, 6) is -6.41. The molecule has 1 aromatic rings. The van der Waals surface area contributed by atoms with Crippen LogP contribution in [0.25, 0.3) is 0 Å². The van der Waals surface area contributed by atoms with E-state index in [1.54, 1.807) is 0 Å². The molecule has 0 unspecified atom stereocenters. The lowest BCUT2D eigenvalue weighted by molar-refractivity contribution is 0.405. The molecule has 3 nitrogen and oxygen atoms in total. The highest BCUT2D eigenvalue weighted by Crippen LogP contribution is 2.29. The summed E-state index contributed by atoms with van der Waals surface area (Å²) in [6, 6.07) is 0. The molecular weight excluding hydrogens is 197 g/mol. The van der Waals surface area contributed by atoms with E-state index in [9.17, 15) is 13.2 Å². The van der Waals surface area contributed by atoms with Crippen LogP contribution in [0.3, 0.4) is 0 Å². The van der Waals surface area contributed by atoms with Gasteiger partial charge in [0.15, 0.2) is 23.2 Å². The number of hydrogen-bond acceptors (Lipinski definition) is 2. The number of phenolic OH excluding ortho intramolecular Hbond substituents is 1. The zero-order valence-electron chi connectivity index (χ0n) is 7.16. The fourth-order valence-corrected chi connectivity index (χ4v) is 0.994. The van der Waals surface area contributed by atoms with Gasteiger partial charge in [-0.25, -0.2) is 13.2 Å². The fraction of sp³-hybridized carbons (Fsp3) is 0.125. The Balaban J connectivity index is 3.68. The predicted molar refractivity (Wildman–Crippen MR) is 43.7 cm³/mol. The van der Waals surface area contributed by atoms with E-state index < -0.39 is 40.2 Å². The first-order valence-electron chi connectivity index (χ1n) is 3.58. The van der Waals surface area contributed by atoms with E-state index in [-0.39, 0.29) is 0 Å². The smallest absolute Gasteiger partial charge is 0.179 e. The predicted octanol–water partition coefficient (Wildman–Crippen LogP) is 1.40. The quantitative estimate of drug-likeness (QED) is 0.367. The third-order valence-corrected chi connectivity index (χ3v) is 1.79. The molecule has 0 aliphatic carbocycles. The maximum Gasteiger partial charge on any atom is 0.179 e. The van der Waals surface area contributed by atoms with E-state index in [1.165, 1.54) is 0 Å². The van der Waals surface area contributed by atoms with Crippen LogP contribution in [-0.4, -0.2) is 10.9 Å². The Kier molecular flexibility index (Phi) is 2.37. The standard InChI is InChI=1S/C8H7F3N2O/c1-2-4(9)5(10)3(8(12)13)6(11)7(2)14/h14H,1H3,(H3,12,13). The second-order valence-electron chi connectivity index (χ2n) is 2.70. The molecule has 6 heteroatoms. The SMILES string of the molecule is Cc1c(O)c(F)c(C(=N)N)c(F)c1F. The summed E-state index contributed by atoms with van der Waals surface area (Å²) in [4.78, 5) is 0. The lowest BCUT2D eigenvalue weighted by atomic mass is 10.1. The molecule has 0 bridgehead atoms. The molecule has 0 radical (unpaired) electrons. The molecular formula is C8H7F3N2O. The summed E-state index contributed by atoms with van der Waals surface area (Å²) < 4.78 is 39.0. The third-order valence-electron chi connectivity index (χ3n) is 1.79. The van der Waals surface area contributed by atoms with Gasteiger partial charge in [-0.15, -0.1) is 0 Å². The molecule has 0 aromatic heterocycles. The zero-order chi connectivity index (χ0) is 11.0. The lowest BCUT2D eigenvalue weighted by Gasteiger charge is -2.08. The number of amidine groups is 1. The molecule has 4 N–H and O–H groups in total. The molecule has 0 saturated carbocycles. The molecule has 1 aromatic carbocycles. The van der Waals surface area contributed by atoms with Crippen molar-refractivity contribution < 1.29 is 18.3 Å². The molecule has 0 amide bonds. The highest BCUT2D eigenvalue weighted by molar-refractivity contribution is 5.96. The maximum atomic E-state index is 13.1. The van der Waals surface area contributed by atoms with Crippen molar-refractivity contribution in [2.24, 2.45) is 5.73 Å². The first-order chi connectivity index (χ1) is 6.37. The Bertz CT molecular complexity index is 389. The maximum absolute atomic E-state index is 13.1. The molecule has 0 aliphatic heterocycles. The van der Waals surface area contributed by atoms with Crippen LogP contribution in [0.1, 0.15) is 11.1 Å². The van der Waals surface area contributed by atoms with Gasteiger partial charge in [0.25, 0.3) is 0 Å². The van der Waals surface area contributed by atoms with E-state index in [2.05, 4.69) is 0 Å². The Hall–Kier alpha value is -1.72. The van der Waals surface area contributed by atoms with Gasteiger partial charge in [0.2, 0.25) is 0 Å². The van der Waals surface area contributed by atoms with Crippen LogP contribution in [0.5, 0.6) is 5.75 Å². The molecule has 1 rings (SSSR count). The number of nitrogens with two attached hydrogens (primary N) is 1. The third kappa shape index (κ3) is 1.28. The number of nitrogen functional groups attached to an aromatic ring is 1. The minimum Gasteiger partial charge on any atom is -0.505 e. The summed E-state index contributed by atoms with van der Waals surface area (Å²) in [6.45, 7) is 1.01. The van der Waals surface area contributed by atoms with Gasteiger partial charge in [0.05, 0.1) is 5.56 Å². The lowest BCUT2D eigenvalue weighted by Crippen LogP contribution is -2.17. The van der Waals surface area contributed by atoms with E-state index >= 15 is 0 Å². The summed E-state index contributed by atoms with van der Waals surface area (Å²) in [5, 5.41) is 15.8. The summed E-state index contributed by atoms with van der Waals surface area (Å²) >= 11 is 0. The number of benzene rings is 1. The number of aromatic hydroxyl groups is 1. The van der Waals surface area contributed by atoms with Crippen molar-refractivity contribution in [2.45, 2.75) is 6.92 Å². The average Bonchev–Trinajstić information content (AvgIpc) is 2.11. The van der Waals surface area contributed by atoms with E-state index in [0.29, 0.717) is 0 Å². The van der Waals surface area contributed by atoms with Crippen LogP contribution in [0, 0.1) is 29.8 Å². The van der Waals surface area contributed by atoms with Crippen molar-refractivity contribution >= 4 is 5.84 Å². The fourth-order valence-electron chi connectivity index (χ4n) is 0.994. The Morgan fingerprint density at radius 2 is 1.71 bits per heavy atom. The molecule has 76 valence electrons. The number of rotatable bonds is 1. The minimum absolute atomic E-state index is 0.551. The molecule has 0 saturated heterocycles. The van der Waals surface area contributed by atoms with Crippen LogP contribution < -0.4 is 5.73 Å². The van der Waals surface area contributed by atoms with Gasteiger partial charge >= 0.3 is 0 Å². The average molecular weight is 204 g/mol. The Labute approximate surface area is 77.5 Å². The van der Waals surface area contributed by atoms with E-state index in [0.717, 1.165) is 6.92 Å². The molecule has 0 atom stereocenters. The number of hydrogen-bond donors (Lipinski definition) is 3. The number of nitrogens with one attached hydrogen (secondary N) is 1. The normalized spacial score (nSPS) is 10.3. The van der Waals surface area contributed by atoms with Gasteiger partial charge in [-0.3, -0.25) is 5.41 Å². The zero-order valence-corrected chi connectivity index (χ0v) is 7.16. The van der Waals surface area contributed by atoms with Gasteiger partial charge in [-0.05, 0) is 6.92 Å². The molecule has 0 aliphatic rings. The van der Waals surface area contributed by atoms with Crippen LogP contribution in [-0.2, 0) is 0 Å². The molecule has 0 spiro atoms. The highest BCUT2D eigenvalue weighted by atomic mass is 19.2. The van der Waals surface area contributed by atoms with Crippen LogP contribution >= 0.6 is 0 Å². The summed E-state index contributed by atoms with van der Waals surface area (Å²) in [7, 11) is 0.